The fraction of sp³-hybridized carbons (Fsp3) is 0.870. The van der Waals surface area contributed by atoms with Crippen molar-refractivity contribution in [3.05, 3.63) is 12.7 Å². The maximum absolute atomic E-state index is 12.2. The molecule has 4 aliphatic carbocycles. The third-order valence-corrected chi connectivity index (χ3v) is 9.63. The molecule has 4 aliphatic rings. The van der Waals surface area contributed by atoms with Crippen LogP contribution in [0, 0.1) is 40.4 Å². The van der Waals surface area contributed by atoms with Crippen LogP contribution in [0.25, 0.3) is 0 Å². The molecule has 0 saturated heterocycles. The van der Waals surface area contributed by atoms with E-state index in [1.807, 2.05) is 6.92 Å². The summed E-state index contributed by atoms with van der Waals surface area (Å²) in [7, 11) is 0. The Balaban J connectivity index is 1.60. The van der Waals surface area contributed by atoms with E-state index in [-0.39, 0.29) is 5.41 Å². The number of fused-ring (bicyclic) bond motifs is 5. The molecule has 0 spiro atoms. The number of aliphatic hydroxyl groups is 1. The molecule has 8 atom stereocenters. The van der Waals surface area contributed by atoms with Crippen LogP contribution in [0.5, 0.6) is 0 Å². The average Bonchev–Trinajstić information content (AvgIpc) is 2.93. The minimum atomic E-state index is -0.632. The standard InChI is InChI=1S/C23H36O2/c1-5-23(25)13-12-21(3)16(14-23)6-7-17-19-9-8-18(15(2)24)22(19,4)11-10-20(17)21/h5,16-20,25H,1,6-14H2,2-4H3/t16-,17+,18-,19+,20+,21+,22-,23-/m1/s1. The number of hydrogen-bond donors (Lipinski definition) is 1. The third-order valence-electron chi connectivity index (χ3n) is 9.63. The molecule has 0 aromatic carbocycles. The molecule has 4 fully saturated rings. The Hall–Kier alpha value is -0.630. The summed E-state index contributed by atoms with van der Waals surface area (Å²) in [4.78, 5) is 12.2. The molecule has 25 heavy (non-hydrogen) atoms. The van der Waals surface area contributed by atoms with Gasteiger partial charge in [-0.1, -0.05) is 19.9 Å². The lowest BCUT2D eigenvalue weighted by Gasteiger charge is -2.61. The molecular weight excluding hydrogens is 308 g/mol. The molecule has 0 amide bonds. The largest absolute Gasteiger partial charge is 0.386 e. The number of hydrogen-bond acceptors (Lipinski definition) is 2. The molecule has 0 radical (unpaired) electrons. The number of Topliss-reactive ketones (excluding diaryl/α,β-unsaturated/α-hetero) is 1. The van der Waals surface area contributed by atoms with Crippen LogP contribution >= 0.6 is 0 Å². The predicted molar refractivity (Wildman–Crippen MR) is 101 cm³/mol. The third kappa shape index (κ3) is 2.42. The van der Waals surface area contributed by atoms with Crippen molar-refractivity contribution in [1.82, 2.24) is 0 Å². The van der Waals surface area contributed by atoms with Crippen molar-refractivity contribution < 1.29 is 9.90 Å². The Morgan fingerprint density at radius 2 is 1.72 bits per heavy atom. The monoisotopic (exact) mass is 344 g/mol. The molecule has 0 heterocycles. The Morgan fingerprint density at radius 3 is 2.40 bits per heavy atom. The van der Waals surface area contributed by atoms with Gasteiger partial charge < -0.3 is 5.11 Å². The Labute approximate surface area is 153 Å². The zero-order chi connectivity index (χ0) is 18.0. The highest BCUT2D eigenvalue weighted by Gasteiger charge is 2.61. The van der Waals surface area contributed by atoms with Gasteiger partial charge in [-0.3, -0.25) is 4.79 Å². The predicted octanol–water partition coefficient (Wildman–Crippen LogP) is 5.15. The van der Waals surface area contributed by atoms with Crippen LogP contribution in [0.1, 0.15) is 78.6 Å². The van der Waals surface area contributed by atoms with Crippen molar-refractivity contribution in [3.8, 4) is 0 Å². The molecule has 0 aromatic heterocycles. The van der Waals surface area contributed by atoms with Crippen LogP contribution in [-0.2, 0) is 4.79 Å². The maximum atomic E-state index is 12.2. The molecule has 0 unspecified atom stereocenters. The lowest BCUT2D eigenvalue weighted by Crippen LogP contribution is -2.55. The van der Waals surface area contributed by atoms with E-state index in [2.05, 4.69) is 20.4 Å². The maximum Gasteiger partial charge on any atom is 0.133 e. The first kappa shape index (κ1) is 17.8. The van der Waals surface area contributed by atoms with E-state index in [0.29, 0.717) is 23.0 Å². The summed E-state index contributed by atoms with van der Waals surface area (Å²) in [5.41, 5.74) is 0.00773. The number of carbonyl (C=O) groups is 1. The van der Waals surface area contributed by atoms with Gasteiger partial charge in [0.15, 0.2) is 0 Å². The molecule has 0 aliphatic heterocycles. The highest BCUT2D eigenvalue weighted by Crippen LogP contribution is 2.68. The summed E-state index contributed by atoms with van der Waals surface area (Å²) in [6, 6.07) is 0. The van der Waals surface area contributed by atoms with Crippen molar-refractivity contribution in [1.29, 1.82) is 0 Å². The normalized spacial score (nSPS) is 55.0. The van der Waals surface area contributed by atoms with Gasteiger partial charge in [0.2, 0.25) is 0 Å². The van der Waals surface area contributed by atoms with Gasteiger partial charge in [0.05, 0.1) is 5.60 Å². The SMILES string of the molecule is C=C[C@@]1(O)CC[C@@]2(C)[C@H](CC[C@@H]3[C@@H]2CC[C@]2(C)[C@@H](C(C)=O)CC[C@@H]32)C1. The molecule has 140 valence electrons. The smallest absolute Gasteiger partial charge is 0.133 e. The van der Waals surface area contributed by atoms with Gasteiger partial charge in [0, 0.05) is 5.92 Å². The molecule has 4 rings (SSSR count). The summed E-state index contributed by atoms with van der Waals surface area (Å²) >= 11 is 0. The molecule has 2 heteroatoms. The van der Waals surface area contributed by atoms with E-state index < -0.39 is 5.60 Å². The van der Waals surface area contributed by atoms with Crippen LogP contribution in [-0.4, -0.2) is 16.5 Å². The second-order valence-electron chi connectivity index (χ2n) is 10.5. The van der Waals surface area contributed by atoms with Crippen LogP contribution in [0.15, 0.2) is 12.7 Å². The van der Waals surface area contributed by atoms with Crippen LogP contribution in [0.2, 0.25) is 0 Å². The van der Waals surface area contributed by atoms with E-state index in [0.717, 1.165) is 43.4 Å². The Bertz CT molecular complexity index is 583. The first-order valence-electron chi connectivity index (χ1n) is 10.6. The Kier molecular flexibility index (Phi) is 4.04. The van der Waals surface area contributed by atoms with Gasteiger partial charge >= 0.3 is 0 Å². The number of rotatable bonds is 2. The van der Waals surface area contributed by atoms with Gasteiger partial charge in [-0.05, 0) is 99.2 Å². The van der Waals surface area contributed by atoms with Gasteiger partial charge in [0.25, 0.3) is 0 Å². The first-order chi connectivity index (χ1) is 11.7. The number of ketones is 1. The summed E-state index contributed by atoms with van der Waals surface area (Å²) in [6.07, 6.45) is 12.2. The highest BCUT2D eigenvalue weighted by molar-refractivity contribution is 5.79. The van der Waals surface area contributed by atoms with E-state index in [9.17, 15) is 9.90 Å². The Morgan fingerprint density at radius 1 is 1.00 bits per heavy atom. The van der Waals surface area contributed by atoms with Crippen molar-refractivity contribution in [2.24, 2.45) is 40.4 Å². The van der Waals surface area contributed by atoms with Crippen molar-refractivity contribution >= 4 is 5.78 Å². The van der Waals surface area contributed by atoms with Gasteiger partial charge in [-0.25, -0.2) is 0 Å². The van der Waals surface area contributed by atoms with E-state index >= 15 is 0 Å². The van der Waals surface area contributed by atoms with Gasteiger partial charge in [-0.2, -0.15) is 0 Å². The summed E-state index contributed by atoms with van der Waals surface area (Å²) in [5, 5.41) is 10.8. The van der Waals surface area contributed by atoms with Crippen molar-refractivity contribution in [3.63, 3.8) is 0 Å². The minimum Gasteiger partial charge on any atom is -0.386 e. The first-order valence-corrected chi connectivity index (χ1v) is 10.6. The fourth-order valence-electron chi connectivity index (χ4n) is 8.13. The van der Waals surface area contributed by atoms with E-state index in [4.69, 9.17) is 0 Å². The van der Waals surface area contributed by atoms with Crippen LogP contribution < -0.4 is 0 Å². The lowest BCUT2D eigenvalue weighted by molar-refractivity contribution is -0.145. The molecule has 4 saturated carbocycles. The second-order valence-corrected chi connectivity index (χ2v) is 10.5. The quantitative estimate of drug-likeness (QED) is 0.703. The minimum absolute atomic E-state index is 0.257. The molecule has 2 nitrogen and oxygen atoms in total. The zero-order valence-electron chi connectivity index (χ0n) is 16.4. The van der Waals surface area contributed by atoms with Gasteiger partial charge in [0.1, 0.15) is 5.78 Å². The van der Waals surface area contributed by atoms with E-state index in [1.165, 1.54) is 32.1 Å². The molecule has 0 bridgehead atoms. The van der Waals surface area contributed by atoms with E-state index in [1.54, 1.807) is 6.08 Å². The lowest BCUT2D eigenvalue weighted by atomic mass is 9.44. The fourth-order valence-corrected chi connectivity index (χ4v) is 8.13. The molecule has 0 aromatic rings. The highest BCUT2D eigenvalue weighted by atomic mass is 16.3. The van der Waals surface area contributed by atoms with Crippen LogP contribution in [0.3, 0.4) is 0 Å². The molecule has 1 N–H and O–H groups in total. The topological polar surface area (TPSA) is 37.3 Å². The number of carbonyl (C=O) groups excluding carboxylic acids is 1. The van der Waals surface area contributed by atoms with Crippen molar-refractivity contribution in [2.75, 3.05) is 0 Å². The summed E-state index contributed by atoms with van der Waals surface area (Å²) in [6.45, 7) is 10.7. The van der Waals surface area contributed by atoms with Gasteiger partial charge in [-0.15, -0.1) is 6.58 Å². The average molecular weight is 345 g/mol. The second kappa shape index (κ2) is 5.68. The summed E-state index contributed by atoms with van der Waals surface area (Å²) < 4.78 is 0. The zero-order valence-corrected chi connectivity index (χ0v) is 16.4. The molecular formula is C23H36O2. The van der Waals surface area contributed by atoms with Crippen molar-refractivity contribution in [2.45, 2.75) is 84.2 Å². The van der Waals surface area contributed by atoms with Crippen LogP contribution in [0.4, 0.5) is 0 Å². The summed E-state index contributed by atoms with van der Waals surface area (Å²) in [5.74, 6) is 3.72.